The van der Waals surface area contributed by atoms with Gasteiger partial charge in [0.2, 0.25) is 5.56 Å². The Hall–Kier alpha value is -1.87. The van der Waals surface area contributed by atoms with Crippen LogP contribution in [0.2, 0.25) is 0 Å². The van der Waals surface area contributed by atoms with Crippen molar-refractivity contribution in [3.63, 3.8) is 0 Å². The maximum absolute atomic E-state index is 11.3. The molecule has 1 unspecified atom stereocenters. The summed E-state index contributed by atoms with van der Waals surface area (Å²) >= 11 is 0. The minimum absolute atomic E-state index is 0.0103. The normalized spacial score (nSPS) is 17.5. The minimum atomic E-state index is 0.0103. The minimum Gasteiger partial charge on any atom is -0.326 e. The van der Waals surface area contributed by atoms with E-state index in [4.69, 9.17) is 0 Å². The summed E-state index contributed by atoms with van der Waals surface area (Å²) in [5, 5.41) is 3.64. The predicted octanol–water partition coefficient (Wildman–Crippen LogP) is 2.58. The van der Waals surface area contributed by atoms with E-state index in [9.17, 15) is 4.79 Å². The van der Waals surface area contributed by atoms with Gasteiger partial charge in [-0.1, -0.05) is 37.3 Å². The zero-order valence-corrected chi connectivity index (χ0v) is 12.5. The predicted molar refractivity (Wildman–Crippen MR) is 85.5 cm³/mol. The fourth-order valence-electron chi connectivity index (χ4n) is 2.98. The second kappa shape index (κ2) is 6.27. The molecule has 0 fully saturated rings. The molecule has 3 nitrogen and oxygen atoms in total. The first kappa shape index (κ1) is 14.1. The fourth-order valence-corrected chi connectivity index (χ4v) is 2.98. The lowest BCUT2D eigenvalue weighted by atomic mass is 9.92. The molecule has 0 saturated carbocycles. The average molecular weight is 282 g/mol. The highest BCUT2D eigenvalue weighted by Crippen LogP contribution is 2.18. The summed E-state index contributed by atoms with van der Waals surface area (Å²) in [6.45, 7) is 3.09. The summed E-state index contributed by atoms with van der Waals surface area (Å²) < 4.78 is 0. The molecule has 21 heavy (non-hydrogen) atoms. The summed E-state index contributed by atoms with van der Waals surface area (Å²) in [6, 6.07) is 12.9. The number of pyridine rings is 1. The van der Waals surface area contributed by atoms with Crippen LogP contribution in [0.1, 0.15) is 35.7 Å². The second-order valence-corrected chi connectivity index (χ2v) is 5.82. The first-order chi connectivity index (χ1) is 10.2. The summed E-state index contributed by atoms with van der Waals surface area (Å²) in [6.07, 6.45) is 4.13. The number of rotatable bonds is 4. The Morgan fingerprint density at radius 3 is 2.67 bits per heavy atom. The van der Waals surface area contributed by atoms with Crippen LogP contribution in [0, 0.1) is 0 Å². The first-order valence-corrected chi connectivity index (χ1v) is 7.77. The smallest absolute Gasteiger partial charge is 0.248 e. The van der Waals surface area contributed by atoms with E-state index in [2.05, 4.69) is 41.5 Å². The summed E-state index contributed by atoms with van der Waals surface area (Å²) in [7, 11) is 0. The topological polar surface area (TPSA) is 44.9 Å². The number of H-pyrrole nitrogens is 1. The van der Waals surface area contributed by atoms with Gasteiger partial charge in [-0.05, 0) is 42.4 Å². The Balaban J connectivity index is 1.59. The number of hydrogen-bond donors (Lipinski definition) is 2. The maximum Gasteiger partial charge on any atom is 0.248 e. The third-order valence-corrected chi connectivity index (χ3v) is 4.33. The molecule has 1 aromatic heterocycles. The van der Waals surface area contributed by atoms with Gasteiger partial charge < -0.3 is 10.3 Å². The summed E-state index contributed by atoms with van der Waals surface area (Å²) in [5.74, 6) is 0. The molecule has 1 heterocycles. The Morgan fingerprint density at radius 1 is 1.14 bits per heavy atom. The fraction of sp³-hybridized carbons (Fsp3) is 0.389. The lowest BCUT2D eigenvalue weighted by Gasteiger charge is -2.25. The van der Waals surface area contributed by atoms with Crippen molar-refractivity contribution in [3.8, 4) is 0 Å². The van der Waals surface area contributed by atoms with E-state index in [1.54, 1.807) is 6.07 Å². The van der Waals surface area contributed by atoms with Crippen molar-refractivity contribution < 1.29 is 0 Å². The van der Waals surface area contributed by atoms with E-state index >= 15 is 0 Å². The van der Waals surface area contributed by atoms with Crippen LogP contribution in [-0.4, -0.2) is 11.0 Å². The van der Waals surface area contributed by atoms with Gasteiger partial charge in [0.1, 0.15) is 0 Å². The molecule has 3 rings (SSSR count). The highest BCUT2D eigenvalue weighted by molar-refractivity contribution is 5.25. The molecule has 2 N–H and O–H groups in total. The van der Waals surface area contributed by atoms with E-state index < -0.39 is 0 Å². The van der Waals surface area contributed by atoms with Crippen molar-refractivity contribution in [2.75, 3.05) is 0 Å². The van der Waals surface area contributed by atoms with Gasteiger partial charge in [-0.3, -0.25) is 4.79 Å². The molecule has 3 heteroatoms. The van der Waals surface area contributed by atoms with Crippen LogP contribution >= 0.6 is 0 Å². The molecule has 0 radical (unpaired) electrons. The standard InChI is InChI=1S/C18H22N2O/c1-2-13-3-5-14(6-4-13)12-19-16-8-9-17-15(11-16)7-10-18(21)20-17/h3-7,10,16,19H,2,8-9,11-12H2,1H3,(H,20,21). The molecule has 110 valence electrons. The highest BCUT2D eigenvalue weighted by Gasteiger charge is 2.18. The van der Waals surface area contributed by atoms with Gasteiger partial charge in [0.25, 0.3) is 0 Å². The Kier molecular flexibility index (Phi) is 4.20. The monoisotopic (exact) mass is 282 g/mol. The van der Waals surface area contributed by atoms with Crippen molar-refractivity contribution >= 4 is 0 Å². The van der Waals surface area contributed by atoms with E-state index in [0.717, 1.165) is 37.9 Å². The van der Waals surface area contributed by atoms with Crippen LogP contribution in [-0.2, 0) is 25.8 Å². The zero-order valence-electron chi connectivity index (χ0n) is 12.5. The lowest BCUT2D eigenvalue weighted by molar-refractivity contribution is 0.453. The second-order valence-electron chi connectivity index (χ2n) is 5.82. The highest BCUT2D eigenvalue weighted by atomic mass is 16.1. The van der Waals surface area contributed by atoms with Gasteiger partial charge in [0.05, 0.1) is 0 Å². The lowest BCUT2D eigenvalue weighted by Crippen LogP contribution is -2.35. The molecule has 0 amide bonds. The van der Waals surface area contributed by atoms with Gasteiger partial charge in [-0.2, -0.15) is 0 Å². The molecular weight excluding hydrogens is 260 g/mol. The Bertz CT molecular complexity index is 658. The Labute approximate surface area is 125 Å². The van der Waals surface area contributed by atoms with Crippen LogP contribution < -0.4 is 10.9 Å². The molecule has 1 aromatic carbocycles. The SMILES string of the molecule is CCc1ccc(CNC2CCc3[nH]c(=O)ccc3C2)cc1. The number of nitrogens with one attached hydrogen (secondary N) is 2. The van der Waals surface area contributed by atoms with E-state index in [-0.39, 0.29) is 5.56 Å². The quantitative estimate of drug-likeness (QED) is 0.905. The molecule has 2 aromatic rings. The van der Waals surface area contributed by atoms with Crippen LogP contribution in [0.3, 0.4) is 0 Å². The summed E-state index contributed by atoms with van der Waals surface area (Å²) in [5.41, 5.74) is 5.12. The molecule has 0 aliphatic heterocycles. The molecular formula is C18H22N2O. The van der Waals surface area contributed by atoms with Gasteiger partial charge in [0.15, 0.2) is 0 Å². The molecule has 1 atom stereocenters. The van der Waals surface area contributed by atoms with Crippen LogP contribution in [0.5, 0.6) is 0 Å². The molecule has 0 spiro atoms. The largest absolute Gasteiger partial charge is 0.326 e. The number of fused-ring (bicyclic) bond motifs is 1. The average Bonchev–Trinajstić information content (AvgIpc) is 2.53. The number of benzene rings is 1. The Morgan fingerprint density at radius 2 is 1.90 bits per heavy atom. The van der Waals surface area contributed by atoms with Crippen molar-refractivity contribution in [2.24, 2.45) is 0 Å². The van der Waals surface area contributed by atoms with Crippen molar-refractivity contribution in [1.82, 2.24) is 10.3 Å². The summed E-state index contributed by atoms with van der Waals surface area (Å²) in [4.78, 5) is 14.3. The molecule has 1 aliphatic rings. The van der Waals surface area contributed by atoms with Crippen LogP contribution in [0.25, 0.3) is 0 Å². The maximum atomic E-state index is 11.3. The van der Waals surface area contributed by atoms with Crippen LogP contribution in [0.15, 0.2) is 41.2 Å². The number of aromatic amines is 1. The number of aryl methyl sites for hydroxylation is 2. The molecule has 0 bridgehead atoms. The van der Waals surface area contributed by atoms with Gasteiger partial charge in [-0.15, -0.1) is 0 Å². The van der Waals surface area contributed by atoms with E-state index in [1.807, 2.05) is 6.07 Å². The molecule has 1 aliphatic carbocycles. The van der Waals surface area contributed by atoms with E-state index in [0.29, 0.717) is 6.04 Å². The van der Waals surface area contributed by atoms with E-state index in [1.165, 1.54) is 16.7 Å². The van der Waals surface area contributed by atoms with Crippen molar-refractivity contribution in [1.29, 1.82) is 0 Å². The zero-order chi connectivity index (χ0) is 14.7. The van der Waals surface area contributed by atoms with Gasteiger partial charge in [0, 0.05) is 24.3 Å². The van der Waals surface area contributed by atoms with Crippen molar-refractivity contribution in [2.45, 2.75) is 45.2 Å². The third-order valence-electron chi connectivity index (χ3n) is 4.33. The molecule has 0 saturated heterocycles. The van der Waals surface area contributed by atoms with Gasteiger partial charge >= 0.3 is 0 Å². The van der Waals surface area contributed by atoms with Crippen molar-refractivity contribution in [3.05, 3.63) is 69.1 Å². The number of hydrogen-bond acceptors (Lipinski definition) is 2. The third kappa shape index (κ3) is 3.42. The van der Waals surface area contributed by atoms with Gasteiger partial charge in [-0.25, -0.2) is 0 Å². The number of aromatic nitrogens is 1. The first-order valence-electron chi connectivity index (χ1n) is 7.77. The van der Waals surface area contributed by atoms with Crippen LogP contribution in [0.4, 0.5) is 0 Å².